The van der Waals surface area contributed by atoms with Crippen molar-refractivity contribution in [2.24, 2.45) is 11.8 Å². The van der Waals surface area contributed by atoms with Crippen LogP contribution in [0.1, 0.15) is 24.8 Å². The highest BCUT2D eigenvalue weighted by atomic mass is 16.4. The maximum atomic E-state index is 11.5. The van der Waals surface area contributed by atoms with Crippen LogP contribution in [-0.4, -0.2) is 35.1 Å². The van der Waals surface area contributed by atoms with E-state index in [1.165, 1.54) is 18.4 Å². The minimum Gasteiger partial charge on any atom is -0.480 e. The maximum Gasteiger partial charge on any atom is 0.321 e. The largest absolute Gasteiger partial charge is 0.480 e. The summed E-state index contributed by atoms with van der Waals surface area (Å²) in [6.45, 7) is 1.85. The summed E-state index contributed by atoms with van der Waals surface area (Å²) < 4.78 is 0. The number of fused-ring (bicyclic) bond motifs is 1. The molecule has 1 saturated heterocycles. The number of carbonyl (C=O) groups is 1. The minimum absolute atomic E-state index is 0.240. The molecule has 3 atom stereocenters. The van der Waals surface area contributed by atoms with Crippen molar-refractivity contribution in [2.75, 3.05) is 13.1 Å². The Bertz CT molecular complexity index is 445. The van der Waals surface area contributed by atoms with E-state index in [9.17, 15) is 9.90 Å². The lowest BCUT2D eigenvalue weighted by molar-refractivity contribution is -0.143. The summed E-state index contributed by atoms with van der Waals surface area (Å²) in [5, 5.41) is 9.49. The summed E-state index contributed by atoms with van der Waals surface area (Å²) in [6.07, 6.45) is 4.48. The quantitative estimate of drug-likeness (QED) is 0.902. The van der Waals surface area contributed by atoms with E-state index in [-0.39, 0.29) is 6.04 Å². The van der Waals surface area contributed by atoms with Crippen molar-refractivity contribution >= 4 is 5.97 Å². The van der Waals surface area contributed by atoms with Crippen molar-refractivity contribution in [3.63, 3.8) is 0 Å². The maximum absolute atomic E-state index is 11.5. The molecule has 0 amide bonds. The van der Waals surface area contributed by atoms with Gasteiger partial charge >= 0.3 is 5.97 Å². The third kappa shape index (κ3) is 2.52. The molecule has 0 bridgehead atoms. The second-order valence-corrected chi connectivity index (χ2v) is 5.87. The number of carboxylic acid groups (broad SMARTS) is 1. The number of aliphatic carboxylic acids is 1. The summed E-state index contributed by atoms with van der Waals surface area (Å²) in [6, 6.07) is 10.1. The van der Waals surface area contributed by atoms with Crippen molar-refractivity contribution < 1.29 is 9.90 Å². The molecule has 3 rings (SSSR count). The molecule has 102 valence electrons. The molecule has 3 heteroatoms. The Kier molecular flexibility index (Phi) is 3.56. The Morgan fingerprint density at radius 1 is 1.26 bits per heavy atom. The molecule has 19 heavy (non-hydrogen) atoms. The van der Waals surface area contributed by atoms with Crippen LogP contribution < -0.4 is 0 Å². The van der Waals surface area contributed by atoms with Gasteiger partial charge in [0, 0.05) is 13.1 Å². The monoisotopic (exact) mass is 259 g/mol. The van der Waals surface area contributed by atoms with Crippen LogP contribution in [0.15, 0.2) is 30.3 Å². The lowest BCUT2D eigenvalue weighted by Gasteiger charge is -2.24. The second-order valence-electron chi connectivity index (χ2n) is 5.87. The van der Waals surface area contributed by atoms with Crippen LogP contribution in [0.2, 0.25) is 0 Å². The van der Waals surface area contributed by atoms with E-state index in [4.69, 9.17) is 0 Å². The first kappa shape index (κ1) is 12.7. The molecule has 3 unspecified atom stereocenters. The summed E-state index contributed by atoms with van der Waals surface area (Å²) in [7, 11) is 0. The van der Waals surface area contributed by atoms with Gasteiger partial charge in [-0.1, -0.05) is 36.8 Å². The van der Waals surface area contributed by atoms with E-state index in [0.29, 0.717) is 11.8 Å². The van der Waals surface area contributed by atoms with Gasteiger partial charge in [0.05, 0.1) is 0 Å². The standard InChI is InChI=1S/C16H21NO2/c18-16(19)15-14-8-4-7-13(14)11-17(15)10-9-12-5-2-1-3-6-12/h1-3,5-6,13-15H,4,7-11H2,(H,18,19). The third-order valence-electron chi connectivity index (χ3n) is 4.77. The van der Waals surface area contributed by atoms with Crippen LogP contribution in [0.5, 0.6) is 0 Å². The summed E-state index contributed by atoms with van der Waals surface area (Å²) in [4.78, 5) is 13.7. The zero-order chi connectivity index (χ0) is 13.2. The Morgan fingerprint density at radius 3 is 2.79 bits per heavy atom. The summed E-state index contributed by atoms with van der Waals surface area (Å²) >= 11 is 0. The van der Waals surface area contributed by atoms with E-state index < -0.39 is 5.97 Å². The van der Waals surface area contributed by atoms with Gasteiger partial charge in [0.2, 0.25) is 0 Å². The van der Waals surface area contributed by atoms with Crippen LogP contribution in [-0.2, 0) is 11.2 Å². The second kappa shape index (κ2) is 5.33. The summed E-state index contributed by atoms with van der Waals surface area (Å²) in [5.41, 5.74) is 1.30. The van der Waals surface area contributed by atoms with Gasteiger partial charge in [0.15, 0.2) is 0 Å². The lowest BCUT2D eigenvalue weighted by Crippen LogP contribution is -2.40. The normalized spacial score (nSPS) is 30.4. The number of carboxylic acids is 1. The fourth-order valence-corrected chi connectivity index (χ4v) is 3.88. The van der Waals surface area contributed by atoms with Crippen LogP contribution in [0, 0.1) is 11.8 Å². The fourth-order valence-electron chi connectivity index (χ4n) is 3.88. The molecular formula is C16H21NO2. The Labute approximate surface area is 114 Å². The zero-order valence-electron chi connectivity index (χ0n) is 11.2. The van der Waals surface area contributed by atoms with Gasteiger partial charge in [-0.25, -0.2) is 0 Å². The molecule has 1 saturated carbocycles. The van der Waals surface area contributed by atoms with E-state index in [0.717, 1.165) is 25.9 Å². The van der Waals surface area contributed by atoms with Crippen LogP contribution in [0.3, 0.4) is 0 Å². The Hall–Kier alpha value is -1.35. The van der Waals surface area contributed by atoms with Crippen molar-refractivity contribution in [3.05, 3.63) is 35.9 Å². The fraction of sp³-hybridized carbons (Fsp3) is 0.562. The number of rotatable bonds is 4. The van der Waals surface area contributed by atoms with Gasteiger partial charge in [-0.15, -0.1) is 0 Å². The molecule has 1 N–H and O–H groups in total. The molecule has 0 spiro atoms. The number of benzene rings is 1. The number of nitrogens with zero attached hydrogens (tertiary/aromatic N) is 1. The highest BCUT2D eigenvalue weighted by Gasteiger charge is 2.47. The molecule has 0 aromatic heterocycles. The molecular weight excluding hydrogens is 238 g/mol. The first-order chi connectivity index (χ1) is 9.25. The van der Waals surface area contributed by atoms with Gasteiger partial charge in [0.1, 0.15) is 6.04 Å². The molecule has 2 fully saturated rings. The van der Waals surface area contributed by atoms with E-state index in [2.05, 4.69) is 17.0 Å². The van der Waals surface area contributed by atoms with Crippen LogP contribution >= 0.6 is 0 Å². The molecule has 1 aromatic rings. The first-order valence-corrected chi connectivity index (χ1v) is 7.26. The van der Waals surface area contributed by atoms with Crippen molar-refractivity contribution in [1.29, 1.82) is 0 Å². The highest BCUT2D eigenvalue weighted by Crippen LogP contribution is 2.42. The SMILES string of the molecule is O=C(O)C1C2CCCC2CN1CCc1ccccc1. The Morgan fingerprint density at radius 2 is 2.05 bits per heavy atom. The van der Waals surface area contributed by atoms with Gasteiger partial charge < -0.3 is 5.11 Å². The van der Waals surface area contributed by atoms with E-state index >= 15 is 0 Å². The molecule has 0 radical (unpaired) electrons. The molecule has 2 aliphatic rings. The predicted octanol–water partition coefficient (Wildman–Crippen LogP) is 2.41. The van der Waals surface area contributed by atoms with Gasteiger partial charge in [0.25, 0.3) is 0 Å². The molecule has 1 heterocycles. The van der Waals surface area contributed by atoms with Gasteiger partial charge in [-0.05, 0) is 36.7 Å². The molecule has 3 nitrogen and oxygen atoms in total. The topological polar surface area (TPSA) is 40.5 Å². The third-order valence-corrected chi connectivity index (χ3v) is 4.77. The van der Waals surface area contributed by atoms with Crippen LogP contribution in [0.25, 0.3) is 0 Å². The van der Waals surface area contributed by atoms with Crippen molar-refractivity contribution in [3.8, 4) is 0 Å². The van der Waals surface area contributed by atoms with Gasteiger partial charge in [-0.3, -0.25) is 9.69 Å². The van der Waals surface area contributed by atoms with Crippen LogP contribution in [0.4, 0.5) is 0 Å². The molecule has 1 aromatic carbocycles. The Balaban J connectivity index is 1.65. The average Bonchev–Trinajstić information content (AvgIpc) is 2.96. The zero-order valence-corrected chi connectivity index (χ0v) is 11.2. The summed E-state index contributed by atoms with van der Waals surface area (Å²) in [5.74, 6) is 0.396. The number of likely N-dealkylation sites (tertiary alicyclic amines) is 1. The predicted molar refractivity (Wildman–Crippen MR) is 74.0 cm³/mol. The molecule has 1 aliphatic heterocycles. The first-order valence-electron chi connectivity index (χ1n) is 7.26. The number of hydrogen-bond acceptors (Lipinski definition) is 2. The minimum atomic E-state index is -0.623. The smallest absolute Gasteiger partial charge is 0.321 e. The van der Waals surface area contributed by atoms with Gasteiger partial charge in [-0.2, -0.15) is 0 Å². The van der Waals surface area contributed by atoms with E-state index in [1.807, 2.05) is 18.2 Å². The van der Waals surface area contributed by atoms with E-state index in [1.54, 1.807) is 0 Å². The lowest BCUT2D eigenvalue weighted by atomic mass is 9.94. The van der Waals surface area contributed by atoms with Crippen molar-refractivity contribution in [2.45, 2.75) is 31.7 Å². The van der Waals surface area contributed by atoms with Crippen molar-refractivity contribution in [1.82, 2.24) is 4.90 Å². The highest BCUT2D eigenvalue weighted by molar-refractivity contribution is 5.74. The average molecular weight is 259 g/mol. The number of hydrogen-bond donors (Lipinski definition) is 1. The molecule has 1 aliphatic carbocycles.